The number of hydrogen-bond donors (Lipinski definition) is 2. The largest absolute Gasteiger partial charge is 0.330 e. The summed E-state index contributed by atoms with van der Waals surface area (Å²) in [6, 6.07) is 12.5. The van der Waals surface area contributed by atoms with Crippen molar-refractivity contribution in [1.29, 1.82) is 0 Å². The van der Waals surface area contributed by atoms with Crippen LogP contribution >= 0.6 is 47.0 Å². The maximum Gasteiger partial charge on any atom is 0.191 e. The van der Waals surface area contributed by atoms with Crippen LogP contribution in [0.3, 0.4) is 0 Å². The molecule has 0 atom stereocenters. The van der Waals surface area contributed by atoms with E-state index in [-0.39, 0.29) is 0 Å². The van der Waals surface area contributed by atoms with Crippen molar-refractivity contribution in [3.05, 3.63) is 63.1 Å². The SMILES string of the molecule is S=C(N/N=C\c1ccc(Cl)c(Cl)c1)Nc1ccccc1Cl. The van der Waals surface area contributed by atoms with Gasteiger partial charge in [0.25, 0.3) is 0 Å². The molecule has 0 amide bonds. The topological polar surface area (TPSA) is 36.4 Å². The number of hydrogen-bond acceptors (Lipinski definition) is 2. The molecule has 0 radical (unpaired) electrons. The second kappa shape index (κ2) is 7.61. The summed E-state index contributed by atoms with van der Waals surface area (Å²) in [6.45, 7) is 0. The Hall–Kier alpha value is -1.33. The number of thiocarbonyl (C=S) groups is 1. The highest BCUT2D eigenvalue weighted by Crippen LogP contribution is 2.22. The van der Waals surface area contributed by atoms with Crippen molar-refractivity contribution >= 4 is 64.0 Å². The lowest BCUT2D eigenvalue weighted by Crippen LogP contribution is -2.23. The molecule has 0 spiro atoms. The number of nitrogens with one attached hydrogen (secondary N) is 2. The first-order valence-corrected chi connectivity index (χ1v) is 7.40. The first-order valence-electron chi connectivity index (χ1n) is 5.86. The molecule has 2 aromatic carbocycles. The van der Waals surface area contributed by atoms with Gasteiger partial charge in [0.15, 0.2) is 5.11 Å². The zero-order valence-electron chi connectivity index (χ0n) is 10.6. The van der Waals surface area contributed by atoms with Gasteiger partial charge in [-0.15, -0.1) is 0 Å². The fraction of sp³-hybridized carbons (Fsp3) is 0. The van der Waals surface area contributed by atoms with Crippen LogP contribution in [0.2, 0.25) is 15.1 Å². The Morgan fingerprint density at radius 3 is 2.48 bits per heavy atom. The van der Waals surface area contributed by atoms with Gasteiger partial charge in [-0.05, 0) is 42.0 Å². The lowest BCUT2D eigenvalue weighted by molar-refractivity contribution is 1.05. The Morgan fingerprint density at radius 1 is 1.00 bits per heavy atom. The van der Waals surface area contributed by atoms with Crippen LogP contribution < -0.4 is 10.7 Å². The standard InChI is InChI=1S/C14H10Cl3N3S/c15-10-6-5-9(7-12(10)17)8-18-20-14(21)19-13-4-2-1-3-11(13)16/h1-8H,(H2,19,20,21)/b18-8-. The van der Waals surface area contributed by atoms with E-state index < -0.39 is 0 Å². The normalized spacial score (nSPS) is 10.6. The molecular formula is C14H10Cl3N3S. The van der Waals surface area contributed by atoms with Crippen molar-refractivity contribution in [2.24, 2.45) is 5.10 Å². The van der Waals surface area contributed by atoms with Crippen LogP contribution in [0.4, 0.5) is 5.69 Å². The Kier molecular flexibility index (Phi) is 5.82. The first-order chi connectivity index (χ1) is 10.1. The predicted molar refractivity (Wildman–Crippen MR) is 94.9 cm³/mol. The van der Waals surface area contributed by atoms with Gasteiger partial charge in [-0.2, -0.15) is 5.10 Å². The van der Waals surface area contributed by atoms with Crippen molar-refractivity contribution in [3.8, 4) is 0 Å². The molecule has 0 aliphatic carbocycles. The molecule has 0 fully saturated rings. The van der Waals surface area contributed by atoms with E-state index >= 15 is 0 Å². The minimum Gasteiger partial charge on any atom is -0.330 e. The summed E-state index contributed by atoms with van der Waals surface area (Å²) < 4.78 is 0. The number of anilines is 1. The van der Waals surface area contributed by atoms with Gasteiger partial charge in [0.2, 0.25) is 0 Å². The Labute approximate surface area is 142 Å². The van der Waals surface area contributed by atoms with Gasteiger partial charge in [-0.3, -0.25) is 5.43 Å². The summed E-state index contributed by atoms with van der Waals surface area (Å²) in [6.07, 6.45) is 1.59. The van der Waals surface area contributed by atoms with Gasteiger partial charge < -0.3 is 5.32 Å². The average Bonchev–Trinajstić information content (AvgIpc) is 2.45. The van der Waals surface area contributed by atoms with Gasteiger partial charge in [0.1, 0.15) is 0 Å². The highest BCUT2D eigenvalue weighted by atomic mass is 35.5. The van der Waals surface area contributed by atoms with Crippen LogP contribution in [0.1, 0.15) is 5.56 Å². The van der Waals surface area contributed by atoms with Crippen molar-refractivity contribution < 1.29 is 0 Å². The minimum absolute atomic E-state index is 0.333. The molecule has 0 heterocycles. The zero-order valence-corrected chi connectivity index (χ0v) is 13.7. The van der Waals surface area contributed by atoms with E-state index in [0.29, 0.717) is 25.9 Å². The van der Waals surface area contributed by atoms with Crippen molar-refractivity contribution in [2.45, 2.75) is 0 Å². The summed E-state index contributed by atoms with van der Waals surface area (Å²) in [7, 11) is 0. The van der Waals surface area contributed by atoms with E-state index in [2.05, 4.69) is 15.8 Å². The van der Waals surface area contributed by atoms with E-state index in [1.54, 1.807) is 30.5 Å². The Morgan fingerprint density at radius 2 is 1.76 bits per heavy atom. The second-order valence-corrected chi connectivity index (χ2v) is 5.61. The highest BCUT2D eigenvalue weighted by molar-refractivity contribution is 7.80. The molecule has 0 aromatic heterocycles. The molecule has 0 unspecified atom stereocenters. The quantitative estimate of drug-likeness (QED) is 0.462. The third-order valence-corrected chi connectivity index (χ3v) is 3.71. The van der Waals surface area contributed by atoms with Gasteiger partial charge >= 0.3 is 0 Å². The average molecular weight is 359 g/mol. The van der Waals surface area contributed by atoms with Crippen LogP contribution in [-0.4, -0.2) is 11.3 Å². The van der Waals surface area contributed by atoms with Crippen LogP contribution in [0.25, 0.3) is 0 Å². The molecule has 108 valence electrons. The maximum atomic E-state index is 6.01. The van der Waals surface area contributed by atoms with E-state index in [4.69, 9.17) is 47.0 Å². The fourth-order valence-electron chi connectivity index (χ4n) is 1.47. The molecule has 0 aliphatic rings. The van der Waals surface area contributed by atoms with Gasteiger partial charge in [0.05, 0.1) is 27.0 Å². The molecule has 3 nitrogen and oxygen atoms in total. The van der Waals surface area contributed by atoms with Gasteiger partial charge in [-0.1, -0.05) is 53.0 Å². The van der Waals surface area contributed by atoms with Crippen molar-refractivity contribution in [2.75, 3.05) is 5.32 Å². The Balaban J connectivity index is 1.93. The van der Waals surface area contributed by atoms with Crippen LogP contribution in [0, 0.1) is 0 Å². The van der Waals surface area contributed by atoms with E-state index in [0.717, 1.165) is 5.56 Å². The summed E-state index contributed by atoms with van der Waals surface area (Å²) in [5.74, 6) is 0. The molecule has 0 bridgehead atoms. The summed E-state index contributed by atoms with van der Waals surface area (Å²) >= 11 is 22.9. The second-order valence-electron chi connectivity index (χ2n) is 3.98. The summed E-state index contributed by atoms with van der Waals surface area (Å²) in [5.41, 5.74) is 4.21. The number of hydrazone groups is 1. The molecule has 0 saturated carbocycles. The molecule has 2 rings (SSSR count). The summed E-state index contributed by atoms with van der Waals surface area (Å²) in [4.78, 5) is 0. The number of benzene rings is 2. The smallest absolute Gasteiger partial charge is 0.191 e. The fourth-order valence-corrected chi connectivity index (χ4v) is 2.12. The van der Waals surface area contributed by atoms with E-state index in [9.17, 15) is 0 Å². The van der Waals surface area contributed by atoms with Crippen LogP contribution in [-0.2, 0) is 0 Å². The van der Waals surface area contributed by atoms with Crippen molar-refractivity contribution in [3.63, 3.8) is 0 Å². The highest BCUT2D eigenvalue weighted by Gasteiger charge is 2.00. The lowest BCUT2D eigenvalue weighted by Gasteiger charge is -2.08. The third kappa shape index (κ3) is 4.86. The molecule has 0 aliphatic heterocycles. The maximum absolute atomic E-state index is 6.01. The van der Waals surface area contributed by atoms with Crippen LogP contribution in [0.5, 0.6) is 0 Å². The van der Waals surface area contributed by atoms with Gasteiger partial charge in [0, 0.05) is 0 Å². The first kappa shape index (κ1) is 16.0. The van der Waals surface area contributed by atoms with Crippen molar-refractivity contribution in [1.82, 2.24) is 5.43 Å². The van der Waals surface area contributed by atoms with E-state index in [1.807, 2.05) is 18.2 Å². The number of nitrogens with zero attached hydrogens (tertiary/aromatic N) is 1. The monoisotopic (exact) mass is 357 g/mol. The molecule has 0 saturated heterocycles. The number of para-hydroxylation sites is 1. The van der Waals surface area contributed by atoms with Crippen LogP contribution in [0.15, 0.2) is 47.6 Å². The molecular weight excluding hydrogens is 349 g/mol. The lowest BCUT2D eigenvalue weighted by atomic mass is 10.2. The van der Waals surface area contributed by atoms with E-state index in [1.165, 1.54) is 0 Å². The minimum atomic E-state index is 0.333. The zero-order chi connectivity index (χ0) is 15.2. The van der Waals surface area contributed by atoms with Gasteiger partial charge in [-0.25, -0.2) is 0 Å². The number of halogens is 3. The molecule has 21 heavy (non-hydrogen) atoms. The third-order valence-electron chi connectivity index (χ3n) is 2.45. The summed E-state index contributed by atoms with van der Waals surface area (Å²) in [5, 5.41) is 8.84. The molecule has 7 heteroatoms. The molecule has 2 N–H and O–H groups in total. The predicted octanol–water partition coefficient (Wildman–Crippen LogP) is 4.97. The molecule has 2 aromatic rings. The Bertz CT molecular complexity index is 689. The number of rotatable bonds is 3.